The van der Waals surface area contributed by atoms with Crippen LogP contribution in [0.15, 0.2) is 70.9 Å². The van der Waals surface area contributed by atoms with Crippen LogP contribution >= 0.6 is 0 Å². The van der Waals surface area contributed by atoms with Crippen molar-refractivity contribution in [2.45, 2.75) is 19.8 Å². The molecule has 0 radical (unpaired) electrons. The zero-order chi connectivity index (χ0) is 19.5. The van der Waals surface area contributed by atoms with Gasteiger partial charge in [0.25, 0.3) is 0 Å². The molecule has 2 aliphatic heterocycles. The van der Waals surface area contributed by atoms with Gasteiger partial charge in [0.05, 0.1) is 0 Å². The molecule has 0 saturated carbocycles. The van der Waals surface area contributed by atoms with Crippen molar-refractivity contribution in [1.82, 2.24) is 0 Å². The lowest BCUT2D eigenvalue weighted by Crippen LogP contribution is -2.19. The first kappa shape index (κ1) is 17.7. The third-order valence-corrected chi connectivity index (χ3v) is 4.63. The smallest absolute Gasteiger partial charge is 0.323 e. The summed E-state index contributed by atoms with van der Waals surface area (Å²) >= 11 is 0. The molecule has 0 unspecified atom stereocenters. The summed E-state index contributed by atoms with van der Waals surface area (Å²) < 4.78 is 0. The number of rotatable bonds is 4. The highest BCUT2D eigenvalue weighted by atomic mass is 16.2. The topological polar surface area (TPSA) is 91.9 Å². The molecule has 2 aliphatic rings. The van der Waals surface area contributed by atoms with Gasteiger partial charge in [0, 0.05) is 42.3 Å². The van der Waals surface area contributed by atoms with Gasteiger partial charge in [-0.1, -0.05) is 24.3 Å². The van der Waals surface area contributed by atoms with Crippen molar-refractivity contribution in [2.75, 3.05) is 10.6 Å². The molecule has 2 heterocycles. The molecular formula is C22H21N5O. The fourth-order valence-electron chi connectivity index (χ4n) is 3.24. The van der Waals surface area contributed by atoms with Crippen LogP contribution in [0.4, 0.5) is 16.2 Å². The van der Waals surface area contributed by atoms with Crippen molar-refractivity contribution in [3.63, 3.8) is 0 Å². The Bertz CT molecular complexity index is 979. The van der Waals surface area contributed by atoms with Gasteiger partial charge in [0.15, 0.2) is 0 Å². The number of amidine groups is 1. The second-order valence-electron chi connectivity index (χ2n) is 6.89. The van der Waals surface area contributed by atoms with E-state index in [1.165, 1.54) is 0 Å². The van der Waals surface area contributed by atoms with Gasteiger partial charge in [0.2, 0.25) is 0 Å². The summed E-state index contributed by atoms with van der Waals surface area (Å²) in [6.07, 6.45) is 5.12. The van der Waals surface area contributed by atoms with Crippen molar-refractivity contribution in [3.8, 4) is 0 Å². The molecular weight excluding hydrogens is 350 g/mol. The van der Waals surface area contributed by atoms with Crippen LogP contribution in [0.5, 0.6) is 0 Å². The van der Waals surface area contributed by atoms with E-state index in [0.29, 0.717) is 17.9 Å². The lowest BCUT2D eigenvalue weighted by Gasteiger charge is -2.11. The monoisotopic (exact) mass is 371 g/mol. The van der Waals surface area contributed by atoms with Gasteiger partial charge in [0.1, 0.15) is 5.84 Å². The van der Waals surface area contributed by atoms with E-state index in [1.54, 1.807) is 6.20 Å². The fourth-order valence-corrected chi connectivity index (χ4v) is 3.24. The molecule has 4 rings (SSSR count). The van der Waals surface area contributed by atoms with Crippen molar-refractivity contribution >= 4 is 40.1 Å². The molecule has 2 aromatic rings. The molecule has 2 amide bonds. The van der Waals surface area contributed by atoms with Crippen molar-refractivity contribution in [1.29, 1.82) is 0 Å². The maximum atomic E-state index is 12.4. The summed E-state index contributed by atoms with van der Waals surface area (Å²) in [5.74, 6) is 0.601. The number of nitrogens with one attached hydrogen (secondary N) is 2. The summed E-state index contributed by atoms with van der Waals surface area (Å²) in [4.78, 5) is 20.9. The first-order valence-electron chi connectivity index (χ1n) is 9.09. The molecule has 0 bridgehead atoms. The zero-order valence-electron chi connectivity index (χ0n) is 15.6. The van der Waals surface area contributed by atoms with Crippen LogP contribution in [-0.2, 0) is 0 Å². The van der Waals surface area contributed by atoms with E-state index in [2.05, 4.69) is 20.6 Å². The number of benzene rings is 2. The highest BCUT2D eigenvalue weighted by molar-refractivity contribution is 6.01. The van der Waals surface area contributed by atoms with Crippen LogP contribution in [0.25, 0.3) is 11.1 Å². The summed E-state index contributed by atoms with van der Waals surface area (Å²) in [6, 6.07) is 15.1. The van der Waals surface area contributed by atoms with E-state index >= 15 is 0 Å². The standard InChI is InChI=1S/C22H21N5O/c1-14-8-17(12-24-14)15-4-2-6-19(9-15)26-22(28)27-20-7-3-5-16(10-20)18-11-21(23)25-13-18/h2-7,9-10,12-13H,8,11H2,1H3,(H2,23,25)(H2,26,27,28). The molecule has 6 heteroatoms. The first-order chi connectivity index (χ1) is 13.6. The van der Waals surface area contributed by atoms with E-state index in [0.717, 1.165) is 40.1 Å². The Labute approximate surface area is 163 Å². The minimum atomic E-state index is -0.293. The second-order valence-corrected chi connectivity index (χ2v) is 6.89. The van der Waals surface area contributed by atoms with Crippen molar-refractivity contribution < 1.29 is 4.79 Å². The molecule has 0 spiro atoms. The Morgan fingerprint density at radius 2 is 1.46 bits per heavy atom. The third-order valence-electron chi connectivity index (χ3n) is 4.63. The average molecular weight is 371 g/mol. The summed E-state index contributed by atoms with van der Waals surface area (Å²) in [5, 5.41) is 5.77. The normalized spacial score (nSPS) is 15.5. The predicted octanol–water partition coefficient (Wildman–Crippen LogP) is 4.64. The largest absolute Gasteiger partial charge is 0.387 e. The summed E-state index contributed by atoms with van der Waals surface area (Å²) in [5.41, 5.74) is 12.5. The van der Waals surface area contributed by atoms with Crippen LogP contribution in [0.3, 0.4) is 0 Å². The van der Waals surface area contributed by atoms with Crippen molar-refractivity contribution in [2.24, 2.45) is 15.7 Å². The molecule has 0 fully saturated rings. The Hall–Kier alpha value is -3.67. The fraction of sp³-hybridized carbons (Fsp3) is 0.136. The highest BCUT2D eigenvalue weighted by Crippen LogP contribution is 2.26. The van der Waals surface area contributed by atoms with Crippen LogP contribution in [0.1, 0.15) is 30.9 Å². The number of carbonyl (C=O) groups excluding carboxylic acids is 1. The van der Waals surface area contributed by atoms with Gasteiger partial charge in [-0.25, -0.2) is 9.79 Å². The number of nitrogens with zero attached hydrogens (tertiary/aromatic N) is 2. The van der Waals surface area contributed by atoms with Gasteiger partial charge in [-0.15, -0.1) is 0 Å². The lowest BCUT2D eigenvalue weighted by molar-refractivity contribution is 0.262. The molecule has 0 aromatic heterocycles. The molecule has 0 saturated heterocycles. The van der Waals surface area contributed by atoms with Crippen LogP contribution < -0.4 is 16.4 Å². The van der Waals surface area contributed by atoms with Gasteiger partial charge in [-0.05, 0) is 53.5 Å². The Morgan fingerprint density at radius 1 is 0.893 bits per heavy atom. The van der Waals surface area contributed by atoms with Gasteiger partial charge < -0.3 is 16.4 Å². The summed E-state index contributed by atoms with van der Waals surface area (Å²) in [7, 11) is 0. The summed E-state index contributed by atoms with van der Waals surface area (Å²) in [6.45, 7) is 2.01. The van der Waals surface area contributed by atoms with E-state index < -0.39 is 0 Å². The maximum Gasteiger partial charge on any atom is 0.323 e. The number of amides is 2. The number of carbonyl (C=O) groups is 1. The number of hydrogen-bond acceptors (Lipinski definition) is 4. The number of hydrogen-bond donors (Lipinski definition) is 3. The number of anilines is 2. The number of nitrogens with two attached hydrogens (primary N) is 1. The van der Waals surface area contributed by atoms with E-state index in [4.69, 9.17) is 5.73 Å². The van der Waals surface area contributed by atoms with Gasteiger partial charge >= 0.3 is 6.03 Å². The Balaban J connectivity index is 1.41. The Kier molecular flexibility index (Phi) is 4.76. The molecule has 140 valence electrons. The van der Waals surface area contributed by atoms with Crippen molar-refractivity contribution in [3.05, 3.63) is 72.1 Å². The molecule has 2 aromatic carbocycles. The quantitative estimate of drug-likeness (QED) is 0.731. The van der Waals surface area contributed by atoms with E-state index in [-0.39, 0.29) is 6.03 Å². The molecule has 0 atom stereocenters. The maximum absolute atomic E-state index is 12.4. The Morgan fingerprint density at radius 3 is 1.96 bits per heavy atom. The third kappa shape index (κ3) is 4.01. The average Bonchev–Trinajstić information content (AvgIpc) is 3.30. The zero-order valence-corrected chi connectivity index (χ0v) is 15.6. The SMILES string of the molecule is CC1=NC=C(c2cccc(NC(=O)Nc3cccc(C4=CN=C(N)C4)c3)c2)C1. The molecule has 4 N–H and O–H groups in total. The highest BCUT2D eigenvalue weighted by Gasteiger charge is 2.12. The van der Waals surface area contributed by atoms with Crippen LogP contribution in [0, 0.1) is 0 Å². The van der Waals surface area contributed by atoms with E-state index in [9.17, 15) is 4.79 Å². The first-order valence-corrected chi connectivity index (χ1v) is 9.09. The second kappa shape index (κ2) is 7.52. The number of urea groups is 1. The van der Waals surface area contributed by atoms with Gasteiger partial charge in [-0.2, -0.15) is 0 Å². The van der Waals surface area contributed by atoms with E-state index in [1.807, 2.05) is 61.7 Å². The molecule has 28 heavy (non-hydrogen) atoms. The number of allylic oxidation sites excluding steroid dienone is 1. The van der Waals surface area contributed by atoms with Crippen LogP contribution in [-0.4, -0.2) is 17.6 Å². The van der Waals surface area contributed by atoms with Crippen LogP contribution in [0.2, 0.25) is 0 Å². The minimum absolute atomic E-state index is 0.293. The lowest BCUT2D eigenvalue weighted by atomic mass is 10.0. The molecule has 0 aliphatic carbocycles. The molecule has 6 nitrogen and oxygen atoms in total. The number of aliphatic imine (C=N–C) groups is 2. The van der Waals surface area contributed by atoms with Gasteiger partial charge in [-0.3, -0.25) is 4.99 Å². The minimum Gasteiger partial charge on any atom is -0.387 e. The predicted molar refractivity (Wildman–Crippen MR) is 115 cm³/mol.